The van der Waals surface area contributed by atoms with Crippen molar-refractivity contribution in [1.82, 2.24) is 0 Å². The minimum absolute atomic E-state index is 0.170. The van der Waals surface area contributed by atoms with Crippen LogP contribution in [0.5, 0.6) is 0 Å². The first-order valence-corrected chi connectivity index (χ1v) is 6.17. The van der Waals surface area contributed by atoms with Gasteiger partial charge in [0.2, 0.25) is 0 Å². The first kappa shape index (κ1) is 12.1. The molecule has 0 radical (unpaired) electrons. The molecule has 0 amide bonds. The van der Waals surface area contributed by atoms with Gasteiger partial charge in [-0.05, 0) is 18.4 Å². The minimum atomic E-state index is -1.72. The van der Waals surface area contributed by atoms with Crippen LogP contribution in [0.4, 0.5) is 0 Å². The number of hydrogen-bond donors (Lipinski definition) is 2. The quantitative estimate of drug-likeness (QED) is 0.845. The van der Waals surface area contributed by atoms with Gasteiger partial charge in [0.15, 0.2) is 5.60 Å². The molecule has 0 unspecified atom stereocenters. The fraction of sp³-hybridized carbons (Fsp3) is 0.500. The summed E-state index contributed by atoms with van der Waals surface area (Å²) in [4.78, 5) is 11.5. The summed E-state index contributed by atoms with van der Waals surface area (Å²) in [7, 11) is 0. The highest BCUT2D eigenvalue weighted by Crippen LogP contribution is 2.39. The SMILES string of the molecule is O=C(O)[C@](O)(c1ccccc1)C1CCCCC1. The molecule has 92 valence electrons. The first-order valence-electron chi connectivity index (χ1n) is 6.17. The molecule has 1 aromatic carbocycles. The number of benzene rings is 1. The van der Waals surface area contributed by atoms with Crippen LogP contribution in [0.15, 0.2) is 30.3 Å². The third-order valence-electron chi connectivity index (χ3n) is 3.74. The summed E-state index contributed by atoms with van der Waals surface area (Å²) < 4.78 is 0. The summed E-state index contributed by atoms with van der Waals surface area (Å²) in [6.45, 7) is 0. The summed E-state index contributed by atoms with van der Waals surface area (Å²) in [5, 5.41) is 20.0. The summed E-state index contributed by atoms with van der Waals surface area (Å²) in [6.07, 6.45) is 4.73. The third-order valence-corrected chi connectivity index (χ3v) is 3.74. The Hall–Kier alpha value is -1.35. The van der Waals surface area contributed by atoms with Gasteiger partial charge in [-0.2, -0.15) is 0 Å². The Morgan fingerprint density at radius 3 is 2.24 bits per heavy atom. The Balaban J connectivity index is 2.35. The molecular weight excluding hydrogens is 216 g/mol. The van der Waals surface area contributed by atoms with Gasteiger partial charge in [-0.25, -0.2) is 4.79 Å². The van der Waals surface area contributed by atoms with Crippen molar-refractivity contribution in [1.29, 1.82) is 0 Å². The molecule has 1 aromatic rings. The van der Waals surface area contributed by atoms with Crippen molar-refractivity contribution in [3.63, 3.8) is 0 Å². The van der Waals surface area contributed by atoms with E-state index >= 15 is 0 Å². The molecule has 3 nitrogen and oxygen atoms in total. The van der Waals surface area contributed by atoms with Crippen LogP contribution >= 0.6 is 0 Å². The van der Waals surface area contributed by atoms with E-state index < -0.39 is 11.6 Å². The lowest BCUT2D eigenvalue weighted by molar-refractivity contribution is -0.168. The van der Waals surface area contributed by atoms with Crippen LogP contribution in [0.1, 0.15) is 37.7 Å². The first-order chi connectivity index (χ1) is 8.15. The lowest BCUT2D eigenvalue weighted by atomic mass is 9.73. The highest BCUT2D eigenvalue weighted by molar-refractivity contribution is 5.79. The average molecular weight is 234 g/mol. The van der Waals surface area contributed by atoms with E-state index in [1.54, 1.807) is 24.3 Å². The molecule has 1 aliphatic carbocycles. The molecule has 2 N–H and O–H groups in total. The van der Waals surface area contributed by atoms with Gasteiger partial charge in [0, 0.05) is 5.92 Å². The third kappa shape index (κ3) is 2.20. The van der Waals surface area contributed by atoms with Crippen LogP contribution in [-0.4, -0.2) is 16.2 Å². The monoisotopic (exact) mass is 234 g/mol. The highest BCUT2D eigenvalue weighted by Gasteiger charge is 2.45. The Bertz CT molecular complexity index is 382. The lowest BCUT2D eigenvalue weighted by Crippen LogP contribution is -2.43. The smallest absolute Gasteiger partial charge is 0.340 e. The number of carboxylic acid groups (broad SMARTS) is 1. The van der Waals surface area contributed by atoms with Gasteiger partial charge in [-0.15, -0.1) is 0 Å². The summed E-state index contributed by atoms with van der Waals surface area (Å²) in [6, 6.07) is 8.76. The van der Waals surface area contributed by atoms with Crippen molar-refractivity contribution in [2.45, 2.75) is 37.7 Å². The zero-order valence-corrected chi connectivity index (χ0v) is 9.80. The maximum absolute atomic E-state index is 11.5. The van der Waals surface area contributed by atoms with Gasteiger partial charge in [0.25, 0.3) is 0 Å². The summed E-state index contributed by atoms with van der Waals surface area (Å²) >= 11 is 0. The van der Waals surface area contributed by atoms with Crippen LogP contribution in [-0.2, 0) is 10.4 Å². The molecule has 0 bridgehead atoms. The molecule has 1 fully saturated rings. The Morgan fingerprint density at radius 1 is 1.12 bits per heavy atom. The Labute approximate surface area is 101 Å². The van der Waals surface area contributed by atoms with Crippen LogP contribution in [0.3, 0.4) is 0 Å². The second-order valence-electron chi connectivity index (χ2n) is 4.77. The zero-order valence-electron chi connectivity index (χ0n) is 9.80. The molecule has 3 heteroatoms. The van der Waals surface area contributed by atoms with Gasteiger partial charge in [0.1, 0.15) is 0 Å². The van der Waals surface area contributed by atoms with E-state index in [0.29, 0.717) is 5.56 Å². The molecule has 0 spiro atoms. The van der Waals surface area contributed by atoms with Gasteiger partial charge >= 0.3 is 5.97 Å². The van der Waals surface area contributed by atoms with E-state index in [-0.39, 0.29) is 5.92 Å². The van der Waals surface area contributed by atoms with Crippen molar-refractivity contribution >= 4 is 5.97 Å². The minimum Gasteiger partial charge on any atom is -0.479 e. The molecule has 17 heavy (non-hydrogen) atoms. The molecule has 0 aliphatic heterocycles. The second kappa shape index (κ2) is 4.88. The summed E-state index contributed by atoms with van der Waals surface area (Å²) in [5.41, 5.74) is -1.22. The number of aliphatic carboxylic acids is 1. The Morgan fingerprint density at radius 2 is 1.71 bits per heavy atom. The summed E-state index contributed by atoms with van der Waals surface area (Å²) in [5.74, 6) is -1.30. The molecular formula is C14H18O3. The van der Waals surface area contributed by atoms with Crippen LogP contribution in [0.2, 0.25) is 0 Å². The number of carbonyl (C=O) groups is 1. The van der Waals surface area contributed by atoms with E-state index in [4.69, 9.17) is 0 Å². The van der Waals surface area contributed by atoms with E-state index in [2.05, 4.69) is 0 Å². The van der Waals surface area contributed by atoms with Crippen molar-refractivity contribution in [2.75, 3.05) is 0 Å². The van der Waals surface area contributed by atoms with E-state index in [9.17, 15) is 15.0 Å². The predicted octanol–water partition coefficient (Wildman–Crippen LogP) is 2.54. The predicted molar refractivity (Wildman–Crippen MR) is 64.5 cm³/mol. The number of aliphatic hydroxyl groups is 1. The molecule has 1 aliphatic rings. The highest BCUT2D eigenvalue weighted by atomic mass is 16.4. The van der Waals surface area contributed by atoms with Gasteiger partial charge in [0.05, 0.1) is 0 Å². The fourth-order valence-corrected chi connectivity index (χ4v) is 2.75. The van der Waals surface area contributed by atoms with Crippen LogP contribution in [0.25, 0.3) is 0 Å². The molecule has 0 heterocycles. The van der Waals surface area contributed by atoms with E-state index in [0.717, 1.165) is 32.1 Å². The van der Waals surface area contributed by atoms with Crippen molar-refractivity contribution in [2.24, 2.45) is 5.92 Å². The zero-order chi connectivity index (χ0) is 12.3. The Kier molecular flexibility index (Phi) is 3.48. The lowest BCUT2D eigenvalue weighted by Gasteiger charge is -2.35. The topological polar surface area (TPSA) is 57.5 Å². The molecule has 1 saturated carbocycles. The second-order valence-corrected chi connectivity index (χ2v) is 4.77. The molecule has 0 saturated heterocycles. The van der Waals surface area contributed by atoms with Gasteiger partial charge in [-0.3, -0.25) is 0 Å². The van der Waals surface area contributed by atoms with Gasteiger partial charge in [-0.1, -0.05) is 49.6 Å². The number of rotatable bonds is 3. The maximum Gasteiger partial charge on any atom is 0.340 e. The van der Waals surface area contributed by atoms with Crippen molar-refractivity contribution in [3.8, 4) is 0 Å². The number of hydrogen-bond acceptors (Lipinski definition) is 2. The van der Waals surface area contributed by atoms with Crippen LogP contribution in [0, 0.1) is 5.92 Å². The molecule has 2 rings (SSSR count). The van der Waals surface area contributed by atoms with E-state index in [1.165, 1.54) is 0 Å². The van der Waals surface area contributed by atoms with Crippen molar-refractivity contribution < 1.29 is 15.0 Å². The van der Waals surface area contributed by atoms with Gasteiger partial charge < -0.3 is 10.2 Å². The number of carboxylic acids is 1. The fourth-order valence-electron chi connectivity index (χ4n) is 2.75. The maximum atomic E-state index is 11.5. The standard InChI is InChI=1S/C14H18O3/c15-13(16)14(17,11-7-3-1-4-8-11)12-9-5-2-6-10-12/h1,3-4,7-8,12,17H,2,5-6,9-10H2,(H,15,16)/t14-/m0/s1. The van der Waals surface area contributed by atoms with Crippen molar-refractivity contribution in [3.05, 3.63) is 35.9 Å². The van der Waals surface area contributed by atoms with E-state index in [1.807, 2.05) is 6.07 Å². The normalized spacial score (nSPS) is 20.8. The molecule has 0 aromatic heterocycles. The molecule has 1 atom stereocenters. The average Bonchev–Trinajstić information content (AvgIpc) is 2.39. The van der Waals surface area contributed by atoms with Crippen LogP contribution < -0.4 is 0 Å². The largest absolute Gasteiger partial charge is 0.479 e.